The van der Waals surface area contributed by atoms with E-state index in [1.165, 1.54) is 11.8 Å². The number of halogens is 1. The van der Waals surface area contributed by atoms with Crippen LogP contribution >= 0.6 is 34.7 Å². The molecular formula is C31H27ClN6O3S2. The Kier molecular flexibility index (Phi) is 9.80. The number of nitrogens with zero attached hydrogens (tertiary/aromatic N) is 5. The molecule has 0 aliphatic carbocycles. The van der Waals surface area contributed by atoms with Crippen LogP contribution in [-0.4, -0.2) is 53.3 Å². The number of anilines is 1. The zero-order chi connectivity index (χ0) is 30.3. The Morgan fingerprint density at radius 2 is 1.81 bits per heavy atom. The summed E-state index contributed by atoms with van der Waals surface area (Å²) in [6.45, 7) is 3.83. The molecular weight excluding hydrogens is 604 g/mol. The highest BCUT2D eigenvalue weighted by molar-refractivity contribution is 7.98. The summed E-state index contributed by atoms with van der Waals surface area (Å²) < 4.78 is 5.76. The summed E-state index contributed by atoms with van der Waals surface area (Å²) in [6, 6.07) is 18.7. The number of benzene rings is 2. The van der Waals surface area contributed by atoms with Crippen molar-refractivity contribution in [1.29, 1.82) is 10.5 Å². The zero-order valence-corrected chi connectivity index (χ0v) is 25.6. The molecule has 1 saturated heterocycles. The topological polar surface area (TPSA) is 135 Å². The summed E-state index contributed by atoms with van der Waals surface area (Å²) in [7, 11) is 0. The number of thiazole rings is 1. The minimum atomic E-state index is -0.923. The third-order valence-corrected chi connectivity index (χ3v) is 9.06. The number of carboxylic acid groups (broad SMARTS) is 1. The van der Waals surface area contributed by atoms with Gasteiger partial charge in [-0.05, 0) is 43.2 Å². The standard InChI is InChI=1S/C31H27ClN6O3S2/c1-19(31(39)40)35-11-14-41-24-9-5-20(6-10-24)27-25(15-33)28(38-12-2-13-38)37-30(26(27)16-34)43-18-23-17-42-29(36-23)21-3-7-22(32)8-4-21/h3-10,17,19,35H,2,11-14,18H2,1H3,(H,39,40)/t19-/m0/s1. The largest absolute Gasteiger partial charge is 0.492 e. The average molecular weight is 631 g/mol. The molecule has 0 unspecified atom stereocenters. The van der Waals surface area contributed by atoms with Crippen molar-refractivity contribution in [1.82, 2.24) is 15.3 Å². The van der Waals surface area contributed by atoms with Crippen molar-refractivity contribution >= 4 is 46.5 Å². The molecule has 0 bridgehead atoms. The first-order chi connectivity index (χ1) is 20.9. The minimum Gasteiger partial charge on any atom is -0.492 e. The highest BCUT2D eigenvalue weighted by Gasteiger charge is 2.27. The van der Waals surface area contributed by atoms with Crippen molar-refractivity contribution in [3.05, 3.63) is 75.8 Å². The van der Waals surface area contributed by atoms with E-state index in [-0.39, 0.29) is 6.61 Å². The maximum atomic E-state index is 11.0. The number of pyridine rings is 1. The first-order valence-corrected chi connectivity index (χ1v) is 15.8. The van der Waals surface area contributed by atoms with Crippen LogP contribution in [-0.2, 0) is 10.5 Å². The lowest BCUT2D eigenvalue weighted by Gasteiger charge is -2.33. The predicted molar refractivity (Wildman–Crippen MR) is 169 cm³/mol. The highest BCUT2D eigenvalue weighted by atomic mass is 35.5. The first-order valence-electron chi connectivity index (χ1n) is 13.5. The van der Waals surface area contributed by atoms with Gasteiger partial charge in [0.2, 0.25) is 0 Å². The van der Waals surface area contributed by atoms with E-state index in [4.69, 9.17) is 31.4 Å². The minimum absolute atomic E-state index is 0.287. The number of rotatable bonds is 12. The van der Waals surface area contributed by atoms with Gasteiger partial charge in [-0.15, -0.1) is 11.3 Å². The summed E-state index contributed by atoms with van der Waals surface area (Å²) in [5, 5.41) is 36.5. The van der Waals surface area contributed by atoms with Gasteiger partial charge in [0.1, 0.15) is 52.0 Å². The molecule has 0 saturated carbocycles. The molecule has 1 aliphatic heterocycles. The van der Waals surface area contributed by atoms with E-state index in [9.17, 15) is 15.3 Å². The van der Waals surface area contributed by atoms with Crippen molar-refractivity contribution in [2.24, 2.45) is 0 Å². The lowest BCUT2D eigenvalue weighted by molar-refractivity contribution is -0.139. The molecule has 0 radical (unpaired) electrons. The van der Waals surface area contributed by atoms with E-state index < -0.39 is 12.0 Å². The number of ether oxygens (including phenoxy) is 1. The fourth-order valence-electron chi connectivity index (χ4n) is 4.40. The molecule has 4 aromatic rings. The predicted octanol–water partition coefficient (Wildman–Crippen LogP) is 6.21. The lowest BCUT2D eigenvalue weighted by Crippen LogP contribution is -2.38. The molecule has 5 rings (SSSR count). The zero-order valence-electron chi connectivity index (χ0n) is 23.2. The van der Waals surface area contributed by atoms with Gasteiger partial charge < -0.3 is 20.1 Å². The van der Waals surface area contributed by atoms with E-state index in [2.05, 4.69) is 22.4 Å². The van der Waals surface area contributed by atoms with Gasteiger partial charge in [0.05, 0.1) is 11.3 Å². The number of carboxylic acids is 1. The number of hydrogen-bond acceptors (Lipinski definition) is 10. The maximum Gasteiger partial charge on any atom is 0.320 e. The smallest absolute Gasteiger partial charge is 0.320 e. The molecule has 2 N–H and O–H groups in total. The van der Waals surface area contributed by atoms with Crippen molar-refractivity contribution in [2.75, 3.05) is 31.1 Å². The van der Waals surface area contributed by atoms with Crippen molar-refractivity contribution < 1.29 is 14.6 Å². The fraction of sp³-hybridized carbons (Fsp3) is 0.258. The Hall–Kier alpha value is -4.13. The van der Waals surface area contributed by atoms with Gasteiger partial charge in [0.25, 0.3) is 0 Å². The molecule has 0 amide bonds. The quantitative estimate of drug-likeness (QED) is 0.137. The molecule has 2 aromatic carbocycles. The molecule has 218 valence electrons. The number of thioether (sulfide) groups is 1. The Balaban J connectivity index is 1.40. The SMILES string of the molecule is C[C@H](NCCOc1ccc(-c2c(C#N)c(SCc3csc(-c4ccc(Cl)cc4)n3)nc(N3CCC3)c2C#N)cc1)C(=O)O. The van der Waals surface area contributed by atoms with Gasteiger partial charge in [-0.3, -0.25) is 4.79 Å². The molecule has 1 atom stereocenters. The fourth-order valence-corrected chi connectivity index (χ4v) is 6.33. The second-order valence-corrected chi connectivity index (χ2v) is 12.0. The number of carbonyl (C=O) groups is 1. The molecule has 9 nitrogen and oxygen atoms in total. The summed E-state index contributed by atoms with van der Waals surface area (Å²) in [5.74, 6) is 0.770. The van der Waals surface area contributed by atoms with Gasteiger partial charge >= 0.3 is 5.97 Å². The first kappa shape index (κ1) is 30.3. The molecule has 0 spiro atoms. The van der Waals surface area contributed by atoms with Crippen LogP contribution in [0.1, 0.15) is 30.2 Å². The summed E-state index contributed by atoms with van der Waals surface area (Å²) in [4.78, 5) is 22.6. The van der Waals surface area contributed by atoms with Crippen LogP contribution in [0.4, 0.5) is 5.82 Å². The average Bonchev–Trinajstić information content (AvgIpc) is 3.46. The van der Waals surface area contributed by atoms with E-state index in [0.717, 1.165) is 35.8 Å². The van der Waals surface area contributed by atoms with Crippen LogP contribution < -0.4 is 15.0 Å². The van der Waals surface area contributed by atoms with Gasteiger partial charge in [0.15, 0.2) is 0 Å². The molecule has 43 heavy (non-hydrogen) atoms. The Morgan fingerprint density at radius 1 is 1.12 bits per heavy atom. The van der Waals surface area contributed by atoms with Gasteiger partial charge in [0, 0.05) is 46.9 Å². The van der Waals surface area contributed by atoms with Crippen LogP contribution in [0.5, 0.6) is 5.75 Å². The third kappa shape index (κ3) is 7.10. The van der Waals surface area contributed by atoms with Crippen LogP contribution in [0.3, 0.4) is 0 Å². The van der Waals surface area contributed by atoms with Gasteiger partial charge in [-0.2, -0.15) is 10.5 Å². The van der Waals surface area contributed by atoms with E-state index in [0.29, 0.717) is 56.2 Å². The van der Waals surface area contributed by atoms with Gasteiger partial charge in [-0.25, -0.2) is 9.97 Å². The molecule has 3 heterocycles. The number of nitrogens with one attached hydrogen (secondary N) is 1. The van der Waals surface area contributed by atoms with Crippen molar-refractivity contribution in [3.8, 4) is 39.6 Å². The Bertz CT molecular complexity index is 1690. The van der Waals surface area contributed by atoms with Crippen LogP contribution in [0.25, 0.3) is 21.7 Å². The third-order valence-electron chi connectivity index (χ3n) is 6.86. The van der Waals surface area contributed by atoms with Crippen LogP contribution in [0.15, 0.2) is 58.9 Å². The number of hydrogen-bond donors (Lipinski definition) is 2. The monoisotopic (exact) mass is 630 g/mol. The highest BCUT2D eigenvalue weighted by Crippen LogP contribution is 2.40. The summed E-state index contributed by atoms with van der Waals surface area (Å²) in [6.07, 6.45) is 1.02. The number of nitriles is 2. The summed E-state index contributed by atoms with van der Waals surface area (Å²) >= 11 is 9.00. The maximum absolute atomic E-state index is 11.0. The van der Waals surface area contributed by atoms with Crippen LogP contribution in [0.2, 0.25) is 5.02 Å². The molecule has 2 aromatic heterocycles. The molecule has 12 heteroatoms. The lowest BCUT2D eigenvalue weighted by atomic mass is 9.96. The molecule has 1 fully saturated rings. The normalized spacial score (nSPS) is 13.1. The summed E-state index contributed by atoms with van der Waals surface area (Å²) in [5.41, 5.74) is 3.84. The van der Waals surface area contributed by atoms with Gasteiger partial charge in [-0.1, -0.05) is 47.6 Å². The number of aliphatic carboxylic acids is 1. The van der Waals surface area contributed by atoms with Crippen LogP contribution in [0, 0.1) is 22.7 Å². The Morgan fingerprint density at radius 3 is 2.44 bits per heavy atom. The second kappa shape index (κ2) is 13.9. The van der Waals surface area contributed by atoms with Crippen molar-refractivity contribution in [2.45, 2.75) is 30.2 Å². The molecule has 1 aliphatic rings. The van der Waals surface area contributed by atoms with E-state index >= 15 is 0 Å². The van der Waals surface area contributed by atoms with E-state index in [1.54, 1.807) is 30.4 Å². The van der Waals surface area contributed by atoms with Crippen molar-refractivity contribution in [3.63, 3.8) is 0 Å². The van der Waals surface area contributed by atoms with E-state index in [1.807, 2.05) is 41.8 Å². The Labute approximate surface area is 262 Å². The number of aromatic nitrogens is 2. The second-order valence-electron chi connectivity index (χ2n) is 9.76.